The van der Waals surface area contributed by atoms with Crippen LogP contribution in [0.1, 0.15) is 12.5 Å². The van der Waals surface area contributed by atoms with Gasteiger partial charge in [0.05, 0.1) is 29.4 Å². The van der Waals surface area contributed by atoms with E-state index in [9.17, 15) is 9.18 Å². The SMILES string of the molecule is CCOc1cc2ncnc(Nc3ccc(OCc4cccc(F)c4)c(Cl)c3)c2cc1N1CCOC1=O. The minimum Gasteiger partial charge on any atom is -0.492 e. The number of halogens is 2. The maximum Gasteiger partial charge on any atom is 0.414 e. The first-order chi connectivity index (χ1) is 17.5. The minimum absolute atomic E-state index is 0.185. The average molecular weight is 509 g/mol. The summed E-state index contributed by atoms with van der Waals surface area (Å²) in [5, 5.41) is 4.34. The molecular formula is C26H22ClFN4O4. The molecule has 1 fully saturated rings. The molecule has 10 heteroatoms. The van der Waals surface area contributed by atoms with Crippen molar-refractivity contribution in [2.75, 3.05) is 30.0 Å². The zero-order valence-electron chi connectivity index (χ0n) is 19.3. The van der Waals surface area contributed by atoms with Crippen LogP contribution in [0.5, 0.6) is 11.5 Å². The fourth-order valence-corrected chi connectivity index (χ4v) is 4.12. The van der Waals surface area contributed by atoms with Crippen molar-refractivity contribution in [2.24, 2.45) is 0 Å². The molecule has 184 valence electrons. The van der Waals surface area contributed by atoms with E-state index in [4.69, 9.17) is 25.8 Å². The lowest BCUT2D eigenvalue weighted by molar-refractivity contribution is 0.181. The highest BCUT2D eigenvalue weighted by molar-refractivity contribution is 6.32. The summed E-state index contributed by atoms with van der Waals surface area (Å²) in [4.78, 5) is 22.5. The van der Waals surface area contributed by atoms with E-state index in [1.807, 2.05) is 13.0 Å². The largest absolute Gasteiger partial charge is 0.492 e. The van der Waals surface area contributed by atoms with Crippen LogP contribution in [0.25, 0.3) is 10.9 Å². The van der Waals surface area contributed by atoms with E-state index < -0.39 is 6.09 Å². The topological polar surface area (TPSA) is 85.8 Å². The molecule has 0 spiro atoms. The second kappa shape index (κ2) is 10.2. The third-order valence-electron chi connectivity index (χ3n) is 5.55. The van der Waals surface area contributed by atoms with E-state index in [0.717, 1.165) is 0 Å². The van der Waals surface area contributed by atoms with Crippen molar-refractivity contribution in [3.8, 4) is 11.5 Å². The van der Waals surface area contributed by atoms with Crippen LogP contribution in [0.3, 0.4) is 0 Å². The molecule has 0 radical (unpaired) electrons. The first-order valence-corrected chi connectivity index (χ1v) is 11.7. The Balaban J connectivity index is 1.41. The molecule has 0 saturated carbocycles. The second-order valence-electron chi connectivity index (χ2n) is 7.95. The summed E-state index contributed by atoms with van der Waals surface area (Å²) in [7, 11) is 0. The number of hydrogen-bond acceptors (Lipinski definition) is 7. The molecule has 1 N–H and O–H groups in total. The number of aromatic nitrogens is 2. The molecule has 4 aromatic rings. The summed E-state index contributed by atoms with van der Waals surface area (Å²) >= 11 is 6.45. The minimum atomic E-state index is -0.428. The molecule has 36 heavy (non-hydrogen) atoms. The van der Waals surface area contributed by atoms with E-state index in [1.165, 1.54) is 23.4 Å². The predicted octanol–water partition coefficient (Wildman–Crippen LogP) is 6.10. The second-order valence-corrected chi connectivity index (χ2v) is 8.35. The van der Waals surface area contributed by atoms with Gasteiger partial charge in [-0.15, -0.1) is 0 Å². The molecule has 2 heterocycles. The first-order valence-electron chi connectivity index (χ1n) is 11.3. The van der Waals surface area contributed by atoms with Crippen molar-refractivity contribution < 1.29 is 23.4 Å². The zero-order chi connectivity index (χ0) is 25.1. The summed E-state index contributed by atoms with van der Waals surface area (Å²) in [5.41, 5.74) is 2.61. The van der Waals surface area contributed by atoms with Gasteiger partial charge >= 0.3 is 6.09 Å². The van der Waals surface area contributed by atoms with E-state index in [0.29, 0.717) is 69.9 Å². The number of anilines is 3. The van der Waals surface area contributed by atoms with Gasteiger partial charge in [-0.2, -0.15) is 0 Å². The van der Waals surface area contributed by atoms with Crippen LogP contribution in [0.15, 0.2) is 60.9 Å². The van der Waals surface area contributed by atoms with Gasteiger partial charge in [0.1, 0.15) is 42.7 Å². The molecule has 0 aliphatic carbocycles. The molecule has 0 unspecified atom stereocenters. The monoisotopic (exact) mass is 508 g/mol. The lowest BCUT2D eigenvalue weighted by atomic mass is 10.1. The third kappa shape index (κ3) is 4.96. The number of benzene rings is 3. The number of fused-ring (bicyclic) bond motifs is 1. The molecule has 1 aliphatic rings. The average Bonchev–Trinajstić information content (AvgIpc) is 3.29. The quantitative estimate of drug-likeness (QED) is 0.308. The van der Waals surface area contributed by atoms with Crippen LogP contribution in [-0.4, -0.2) is 35.8 Å². The van der Waals surface area contributed by atoms with Gasteiger partial charge < -0.3 is 19.5 Å². The van der Waals surface area contributed by atoms with Crippen molar-refractivity contribution in [2.45, 2.75) is 13.5 Å². The van der Waals surface area contributed by atoms with E-state index in [2.05, 4.69) is 15.3 Å². The fourth-order valence-electron chi connectivity index (χ4n) is 3.89. The van der Waals surface area contributed by atoms with Gasteiger partial charge in [0.15, 0.2) is 0 Å². The molecule has 0 bridgehead atoms. The van der Waals surface area contributed by atoms with Gasteiger partial charge in [0, 0.05) is 17.1 Å². The van der Waals surface area contributed by atoms with E-state index in [-0.39, 0.29) is 12.4 Å². The summed E-state index contributed by atoms with van der Waals surface area (Å²) in [6.07, 6.45) is 1.02. The standard InChI is InChI=1S/C26H22ClFN4O4/c1-2-34-24-13-21-19(12-22(24)32-8-9-35-26(32)33)25(30-15-29-21)31-18-6-7-23(20(27)11-18)36-14-16-4-3-5-17(28)10-16/h3-7,10-13,15H,2,8-9,14H2,1H3,(H,29,30,31). The Morgan fingerprint density at radius 2 is 2.00 bits per heavy atom. The molecule has 1 aliphatic heterocycles. The van der Waals surface area contributed by atoms with Crippen LogP contribution in [-0.2, 0) is 11.3 Å². The molecule has 0 atom stereocenters. The van der Waals surface area contributed by atoms with Crippen molar-refractivity contribution in [3.05, 3.63) is 77.3 Å². The molecule has 8 nitrogen and oxygen atoms in total. The molecule has 1 saturated heterocycles. The zero-order valence-corrected chi connectivity index (χ0v) is 20.1. The van der Waals surface area contributed by atoms with Gasteiger partial charge in [0.2, 0.25) is 0 Å². The summed E-state index contributed by atoms with van der Waals surface area (Å²) in [5.74, 6) is 1.21. The number of hydrogen-bond donors (Lipinski definition) is 1. The number of amides is 1. The normalized spacial score (nSPS) is 13.1. The number of rotatable bonds is 8. The van der Waals surface area contributed by atoms with E-state index in [1.54, 1.807) is 36.4 Å². The van der Waals surface area contributed by atoms with E-state index >= 15 is 0 Å². The lowest BCUT2D eigenvalue weighted by Crippen LogP contribution is -2.24. The third-order valence-corrected chi connectivity index (χ3v) is 5.84. The number of ether oxygens (including phenoxy) is 3. The number of carbonyl (C=O) groups excluding carboxylic acids is 1. The van der Waals surface area contributed by atoms with Gasteiger partial charge in [-0.3, -0.25) is 4.90 Å². The van der Waals surface area contributed by atoms with Gasteiger partial charge in [-0.1, -0.05) is 23.7 Å². The highest BCUT2D eigenvalue weighted by Gasteiger charge is 2.27. The Kier molecular flexibility index (Phi) is 6.73. The highest BCUT2D eigenvalue weighted by atomic mass is 35.5. The Hall–Kier alpha value is -4.11. The Bertz CT molecular complexity index is 1430. The summed E-state index contributed by atoms with van der Waals surface area (Å²) in [6, 6.07) is 15.0. The van der Waals surface area contributed by atoms with Gasteiger partial charge in [-0.25, -0.2) is 19.2 Å². The van der Waals surface area contributed by atoms with Crippen LogP contribution < -0.4 is 19.7 Å². The van der Waals surface area contributed by atoms with Crippen molar-refractivity contribution >= 4 is 45.8 Å². The summed E-state index contributed by atoms with van der Waals surface area (Å²) < 4.78 is 30.0. The molecular weight excluding hydrogens is 487 g/mol. The smallest absolute Gasteiger partial charge is 0.414 e. The van der Waals surface area contributed by atoms with Crippen LogP contribution in [0.4, 0.5) is 26.4 Å². The van der Waals surface area contributed by atoms with Crippen molar-refractivity contribution in [3.63, 3.8) is 0 Å². The molecule has 3 aromatic carbocycles. The van der Waals surface area contributed by atoms with Gasteiger partial charge in [0.25, 0.3) is 0 Å². The Morgan fingerprint density at radius 1 is 1.11 bits per heavy atom. The van der Waals surface area contributed by atoms with Crippen LogP contribution in [0.2, 0.25) is 5.02 Å². The fraction of sp³-hybridized carbons (Fsp3) is 0.192. The Labute approximate surface area is 211 Å². The maximum atomic E-state index is 13.4. The number of cyclic esters (lactones) is 1. The molecule has 5 rings (SSSR count). The summed E-state index contributed by atoms with van der Waals surface area (Å²) in [6.45, 7) is 3.23. The van der Waals surface area contributed by atoms with Crippen molar-refractivity contribution in [1.29, 1.82) is 0 Å². The first kappa shape index (κ1) is 23.6. The predicted molar refractivity (Wildman–Crippen MR) is 135 cm³/mol. The maximum absolute atomic E-state index is 13.4. The number of nitrogens with zero attached hydrogens (tertiary/aromatic N) is 3. The molecule has 1 aromatic heterocycles. The van der Waals surface area contributed by atoms with Crippen molar-refractivity contribution in [1.82, 2.24) is 9.97 Å². The number of nitrogens with one attached hydrogen (secondary N) is 1. The van der Waals surface area contributed by atoms with Gasteiger partial charge in [-0.05, 0) is 48.9 Å². The number of carbonyl (C=O) groups is 1. The van der Waals surface area contributed by atoms with Crippen LogP contribution >= 0.6 is 11.6 Å². The Morgan fingerprint density at radius 3 is 2.75 bits per heavy atom. The van der Waals surface area contributed by atoms with Crippen LogP contribution in [0, 0.1) is 5.82 Å². The molecule has 1 amide bonds. The lowest BCUT2D eigenvalue weighted by Gasteiger charge is -2.19. The highest BCUT2D eigenvalue weighted by Crippen LogP contribution is 2.37.